The number of carbonyl (C=O) groups excluding carboxylic acids is 1. The van der Waals surface area contributed by atoms with Crippen LogP contribution in [-0.2, 0) is 20.2 Å². The van der Waals surface area contributed by atoms with E-state index in [1.165, 1.54) is 36.9 Å². The molecule has 0 aliphatic rings. The summed E-state index contributed by atoms with van der Waals surface area (Å²) in [6, 6.07) is 13.2. The number of carbonyl (C=O) groups is 1. The topological polar surface area (TPSA) is 84.5 Å². The lowest BCUT2D eigenvalue weighted by atomic mass is 9.87. The third-order valence-corrected chi connectivity index (χ3v) is 5.81. The molecular formula is C21H28N2O4S. The van der Waals surface area contributed by atoms with Gasteiger partial charge in [-0.05, 0) is 54.3 Å². The van der Waals surface area contributed by atoms with E-state index in [0.717, 1.165) is 0 Å². The second-order valence-corrected chi connectivity index (χ2v) is 9.50. The van der Waals surface area contributed by atoms with Crippen molar-refractivity contribution < 1.29 is 17.9 Å². The summed E-state index contributed by atoms with van der Waals surface area (Å²) < 4.78 is 32.1. The summed E-state index contributed by atoms with van der Waals surface area (Å²) in [6.07, 6.45) is 0. The SMILES string of the molecule is COC[C@H](C)NS(=O)(=O)c1ccc(C(=O)Nc2ccc(C(C)(C)C)cc2)cc1. The molecule has 0 bridgehead atoms. The molecule has 2 N–H and O–H groups in total. The van der Waals surface area contributed by atoms with Crippen LogP contribution in [-0.4, -0.2) is 34.1 Å². The van der Waals surface area contributed by atoms with E-state index in [9.17, 15) is 13.2 Å². The smallest absolute Gasteiger partial charge is 0.255 e. The van der Waals surface area contributed by atoms with Gasteiger partial charge in [-0.3, -0.25) is 4.79 Å². The van der Waals surface area contributed by atoms with Crippen molar-refractivity contribution in [3.8, 4) is 0 Å². The van der Waals surface area contributed by atoms with Crippen LogP contribution in [0.1, 0.15) is 43.6 Å². The van der Waals surface area contributed by atoms with Gasteiger partial charge in [0.1, 0.15) is 0 Å². The zero-order valence-electron chi connectivity index (χ0n) is 16.9. The molecule has 0 saturated heterocycles. The largest absolute Gasteiger partial charge is 0.383 e. The van der Waals surface area contributed by atoms with Crippen molar-refractivity contribution in [1.82, 2.24) is 4.72 Å². The average Bonchev–Trinajstić information content (AvgIpc) is 2.61. The van der Waals surface area contributed by atoms with E-state index in [1.807, 2.05) is 24.3 Å². The monoisotopic (exact) mass is 404 g/mol. The summed E-state index contributed by atoms with van der Waals surface area (Å²) in [5.74, 6) is -0.298. The molecule has 1 atom stereocenters. The number of anilines is 1. The van der Waals surface area contributed by atoms with Gasteiger partial charge in [0.15, 0.2) is 0 Å². The van der Waals surface area contributed by atoms with Crippen LogP contribution in [0.4, 0.5) is 5.69 Å². The van der Waals surface area contributed by atoms with E-state index >= 15 is 0 Å². The molecule has 2 aromatic rings. The summed E-state index contributed by atoms with van der Waals surface area (Å²) in [7, 11) is -2.15. The zero-order valence-corrected chi connectivity index (χ0v) is 17.8. The summed E-state index contributed by atoms with van der Waals surface area (Å²) >= 11 is 0. The van der Waals surface area contributed by atoms with Crippen molar-refractivity contribution in [2.24, 2.45) is 0 Å². The Hall–Kier alpha value is -2.22. The quantitative estimate of drug-likeness (QED) is 0.739. The first-order valence-electron chi connectivity index (χ1n) is 9.06. The van der Waals surface area contributed by atoms with Crippen LogP contribution in [0.5, 0.6) is 0 Å². The van der Waals surface area contributed by atoms with Crippen molar-refractivity contribution >= 4 is 21.6 Å². The van der Waals surface area contributed by atoms with Gasteiger partial charge in [0, 0.05) is 24.4 Å². The third-order valence-electron chi connectivity index (χ3n) is 4.21. The highest BCUT2D eigenvalue weighted by molar-refractivity contribution is 7.89. The van der Waals surface area contributed by atoms with E-state index in [0.29, 0.717) is 11.3 Å². The molecule has 0 spiro atoms. The van der Waals surface area contributed by atoms with Gasteiger partial charge in [-0.2, -0.15) is 0 Å². The molecule has 28 heavy (non-hydrogen) atoms. The number of hydrogen-bond donors (Lipinski definition) is 2. The Balaban J connectivity index is 2.07. The predicted octanol–water partition coefficient (Wildman–Crippen LogP) is 3.55. The Bertz CT molecular complexity index is 899. The fourth-order valence-corrected chi connectivity index (χ4v) is 3.89. The Kier molecular flexibility index (Phi) is 6.98. The number of sulfonamides is 1. The van der Waals surface area contributed by atoms with Crippen LogP contribution in [0.15, 0.2) is 53.4 Å². The molecule has 152 valence electrons. The lowest BCUT2D eigenvalue weighted by molar-refractivity contribution is 0.102. The lowest BCUT2D eigenvalue weighted by Crippen LogP contribution is -2.35. The maximum Gasteiger partial charge on any atom is 0.255 e. The highest BCUT2D eigenvalue weighted by atomic mass is 32.2. The fraction of sp³-hybridized carbons (Fsp3) is 0.381. The molecule has 0 heterocycles. The first kappa shape index (κ1) is 22.1. The Labute approximate surface area is 167 Å². The highest BCUT2D eigenvalue weighted by Gasteiger charge is 2.18. The van der Waals surface area contributed by atoms with Gasteiger partial charge >= 0.3 is 0 Å². The second kappa shape index (κ2) is 8.86. The standard InChI is InChI=1S/C21H28N2O4S/c1-15(14-27-5)23-28(25,26)19-12-6-16(7-13-19)20(24)22-18-10-8-17(9-11-18)21(2,3)4/h6-13,15,23H,14H2,1-5H3,(H,22,24)/t15-/m0/s1. The van der Waals surface area contributed by atoms with Crippen molar-refractivity contribution in [3.63, 3.8) is 0 Å². The van der Waals surface area contributed by atoms with Crippen LogP contribution in [0, 0.1) is 0 Å². The van der Waals surface area contributed by atoms with Crippen LogP contribution in [0.3, 0.4) is 0 Å². The van der Waals surface area contributed by atoms with Gasteiger partial charge in [0.25, 0.3) is 5.91 Å². The molecule has 7 heteroatoms. The van der Waals surface area contributed by atoms with E-state index < -0.39 is 10.0 Å². The van der Waals surface area contributed by atoms with Crippen LogP contribution in [0.2, 0.25) is 0 Å². The normalized spacial score (nSPS) is 13.2. The van der Waals surface area contributed by atoms with Gasteiger partial charge < -0.3 is 10.1 Å². The molecular weight excluding hydrogens is 376 g/mol. The summed E-state index contributed by atoms with van der Waals surface area (Å²) in [4.78, 5) is 12.5. The van der Waals surface area contributed by atoms with Gasteiger partial charge in [-0.15, -0.1) is 0 Å². The maximum atomic E-state index is 12.4. The van der Waals surface area contributed by atoms with Crippen LogP contribution >= 0.6 is 0 Å². The average molecular weight is 405 g/mol. The van der Waals surface area contributed by atoms with Crippen molar-refractivity contribution in [2.45, 2.75) is 44.0 Å². The third kappa shape index (κ3) is 5.89. The first-order valence-corrected chi connectivity index (χ1v) is 10.5. The number of rotatable bonds is 7. The summed E-state index contributed by atoms with van der Waals surface area (Å²) in [5.41, 5.74) is 2.28. The number of ether oxygens (including phenoxy) is 1. The molecule has 6 nitrogen and oxygen atoms in total. The molecule has 2 aromatic carbocycles. The number of hydrogen-bond acceptors (Lipinski definition) is 4. The van der Waals surface area contributed by atoms with Gasteiger partial charge in [0.2, 0.25) is 10.0 Å². The molecule has 0 unspecified atom stereocenters. The van der Waals surface area contributed by atoms with Crippen LogP contribution < -0.4 is 10.0 Å². The van der Waals surface area contributed by atoms with E-state index in [4.69, 9.17) is 4.74 Å². The molecule has 0 aliphatic carbocycles. The molecule has 0 aliphatic heterocycles. The molecule has 2 rings (SSSR count). The molecule has 0 fully saturated rings. The first-order chi connectivity index (χ1) is 13.0. The van der Waals surface area contributed by atoms with Gasteiger partial charge in [0.05, 0.1) is 11.5 Å². The van der Waals surface area contributed by atoms with E-state index in [2.05, 4.69) is 30.8 Å². The molecule has 0 radical (unpaired) electrons. The van der Waals surface area contributed by atoms with E-state index in [1.54, 1.807) is 6.92 Å². The summed E-state index contributed by atoms with van der Waals surface area (Å²) in [5, 5.41) is 2.82. The second-order valence-electron chi connectivity index (χ2n) is 7.78. The number of methoxy groups -OCH3 is 1. The number of benzene rings is 2. The van der Waals surface area contributed by atoms with Gasteiger partial charge in [-0.1, -0.05) is 32.9 Å². The Morgan fingerprint density at radius 3 is 2.11 bits per heavy atom. The number of amides is 1. The summed E-state index contributed by atoms with van der Waals surface area (Å²) in [6.45, 7) is 8.37. The van der Waals surface area contributed by atoms with E-state index in [-0.39, 0.29) is 28.9 Å². The maximum absolute atomic E-state index is 12.4. The highest BCUT2D eigenvalue weighted by Crippen LogP contribution is 2.23. The minimum absolute atomic E-state index is 0.0403. The zero-order chi connectivity index (χ0) is 20.9. The van der Waals surface area contributed by atoms with Crippen molar-refractivity contribution in [1.29, 1.82) is 0 Å². The lowest BCUT2D eigenvalue weighted by Gasteiger charge is -2.19. The Morgan fingerprint density at radius 2 is 1.61 bits per heavy atom. The Morgan fingerprint density at radius 1 is 1.04 bits per heavy atom. The fourth-order valence-electron chi connectivity index (χ4n) is 2.66. The van der Waals surface area contributed by atoms with Crippen molar-refractivity contribution in [3.05, 3.63) is 59.7 Å². The molecule has 0 aromatic heterocycles. The minimum atomic E-state index is -3.66. The molecule has 0 saturated carbocycles. The minimum Gasteiger partial charge on any atom is -0.383 e. The van der Waals surface area contributed by atoms with Crippen LogP contribution in [0.25, 0.3) is 0 Å². The van der Waals surface area contributed by atoms with Crippen molar-refractivity contribution in [2.75, 3.05) is 19.0 Å². The molecule has 1 amide bonds. The predicted molar refractivity (Wildman–Crippen MR) is 111 cm³/mol. The number of nitrogens with one attached hydrogen (secondary N) is 2. The van der Waals surface area contributed by atoms with Gasteiger partial charge in [-0.25, -0.2) is 13.1 Å².